The number of unbranched alkanes of at least 4 members (excludes halogenated alkanes) is 1. The number of hydrogen-bond donors (Lipinski definition) is 0. The van der Waals surface area contributed by atoms with Crippen molar-refractivity contribution in [1.82, 2.24) is 0 Å². The molecule has 0 heterocycles. The molecular weight excluding hydrogens is 140 g/mol. The second-order valence-corrected chi connectivity index (χ2v) is 3.02. The fourth-order valence-electron chi connectivity index (χ4n) is 0.570. The Morgan fingerprint density at radius 3 is 2.64 bits per heavy atom. The van der Waals surface area contributed by atoms with Gasteiger partial charge >= 0.3 is 5.97 Å². The van der Waals surface area contributed by atoms with E-state index in [1.54, 1.807) is 6.42 Å². The third-order valence-electron chi connectivity index (χ3n) is 1.16. The second kappa shape index (κ2) is 6.20. The van der Waals surface area contributed by atoms with Crippen LogP contribution in [0.1, 0.15) is 33.6 Å². The summed E-state index contributed by atoms with van der Waals surface area (Å²) in [7, 11) is 0. The summed E-state index contributed by atoms with van der Waals surface area (Å²) in [4.78, 5) is 10.8. The van der Waals surface area contributed by atoms with Gasteiger partial charge in [0, 0.05) is 0 Å². The van der Waals surface area contributed by atoms with Gasteiger partial charge < -0.3 is 4.74 Å². The quantitative estimate of drug-likeness (QED) is 0.572. The van der Waals surface area contributed by atoms with Crippen LogP contribution in [0.3, 0.4) is 0 Å². The number of carbonyl (C=O) groups excluding carboxylic acids is 1. The fourth-order valence-corrected chi connectivity index (χ4v) is 0.570. The lowest BCUT2D eigenvalue weighted by molar-refractivity contribution is -0.140. The van der Waals surface area contributed by atoms with Crippen LogP contribution in [0.5, 0.6) is 0 Å². The molecule has 0 spiro atoms. The summed E-state index contributed by atoms with van der Waals surface area (Å²) < 4.78 is 4.91. The Morgan fingerprint density at radius 2 is 2.18 bits per heavy atom. The van der Waals surface area contributed by atoms with Crippen molar-refractivity contribution in [2.75, 3.05) is 6.61 Å². The molecule has 0 aliphatic heterocycles. The normalized spacial score (nSPS) is 10.2. The third kappa shape index (κ3) is 7.37. The van der Waals surface area contributed by atoms with Gasteiger partial charge in [0.1, 0.15) is 0 Å². The number of hydrogen-bond acceptors (Lipinski definition) is 2. The Kier molecular flexibility index (Phi) is 5.90. The van der Waals surface area contributed by atoms with Gasteiger partial charge in [-0.3, -0.25) is 4.79 Å². The second-order valence-electron chi connectivity index (χ2n) is 3.02. The first kappa shape index (κ1) is 10.5. The summed E-state index contributed by atoms with van der Waals surface area (Å²) in [5.41, 5.74) is 0. The SMILES string of the molecule is CCC[CH]C(=O)OCC(C)C. The molecule has 2 heteroatoms. The van der Waals surface area contributed by atoms with Crippen molar-refractivity contribution in [1.29, 1.82) is 0 Å². The van der Waals surface area contributed by atoms with E-state index in [1.165, 1.54) is 0 Å². The first-order valence-corrected chi connectivity index (χ1v) is 4.16. The highest BCUT2D eigenvalue weighted by molar-refractivity contribution is 5.78. The first-order valence-electron chi connectivity index (χ1n) is 4.16. The molecule has 0 fully saturated rings. The minimum atomic E-state index is -0.180. The van der Waals surface area contributed by atoms with Crippen LogP contribution >= 0.6 is 0 Å². The lowest BCUT2D eigenvalue weighted by atomic mass is 10.2. The van der Waals surface area contributed by atoms with E-state index < -0.39 is 0 Å². The molecule has 1 radical (unpaired) electrons. The predicted molar refractivity (Wildman–Crippen MR) is 45.0 cm³/mol. The van der Waals surface area contributed by atoms with Crippen molar-refractivity contribution in [2.24, 2.45) is 5.92 Å². The average molecular weight is 157 g/mol. The van der Waals surface area contributed by atoms with Gasteiger partial charge in [-0.05, 0) is 12.3 Å². The number of carbonyl (C=O) groups is 1. The van der Waals surface area contributed by atoms with E-state index in [9.17, 15) is 4.79 Å². The summed E-state index contributed by atoms with van der Waals surface area (Å²) in [5.74, 6) is 0.245. The van der Waals surface area contributed by atoms with Gasteiger partial charge in [-0.2, -0.15) is 0 Å². The van der Waals surface area contributed by atoms with Gasteiger partial charge in [0.25, 0.3) is 0 Å². The Labute approximate surface area is 68.9 Å². The molecule has 0 saturated heterocycles. The van der Waals surface area contributed by atoms with Gasteiger partial charge in [-0.15, -0.1) is 0 Å². The van der Waals surface area contributed by atoms with Crippen molar-refractivity contribution >= 4 is 5.97 Å². The summed E-state index contributed by atoms with van der Waals surface area (Å²) in [6.45, 7) is 6.60. The van der Waals surface area contributed by atoms with E-state index >= 15 is 0 Å². The predicted octanol–water partition coefficient (Wildman–Crippen LogP) is 2.19. The van der Waals surface area contributed by atoms with E-state index in [2.05, 4.69) is 0 Å². The van der Waals surface area contributed by atoms with Crippen LogP contribution in [0.2, 0.25) is 0 Å². The first-order chi connectivity index (χ1) is 5.16. The maximum absolute atomic E-state index is 10.8. The van der Waals surface area contributed by atoms with E-state index in [0.717, 1.165) is 12.8 Å². The number of esters is 1. The lowest BCUT2D eigenvalue weighted by Crippen LogP contribution is -2.09. The Bertz CT molecular complexity index is 108. The molecule has 0 rings (SSSR count). The molecule has 0 N–H and O–H groups in total. The van der Waals surface area contributed by atoms with Crippen LogP contribution in [-0.2, 0) is 9.53 Å². The minimum Gasteiger partial charge on any atom is -0.465 e. The summed E-state index contributed by atoms with van der Waals surface area (Å²) in [5, 5.41) is 0. The molecule has 0 bridgehead atoms. The highest BCUT2D eigenvalue weighted by Gasteiger charge is 2.02. The summed E-state index contributed by atoms with van der Waals surface area (Å²) in [6.07, 6.45) is 3.41. The highest BCUT2D eigenvalue weighted by atomic mass is 16.5. The molecule has 0 unspecified atom stereocenters. The summed E-state index contributed by atoms with van der Waals surface area (Å²) >= 11 is 0. The lowest BCUT2D eigenvalue weighted by Gasteiger charge is -2.05. The van der Waals surface area contributed by atoms with Gasteiger partial charge in [0.2, 0.25) is 0 Å². The van der Waals surface area contributed by atoms with Crippen LogP contribution in [0.25, 0.3) is 0 Å². The van der Waals surface area contributed by atoms with Crippen molar-refractivity contribution in [3.8, 4) is 0 Å². The summed E-state index contributed by atoms with van der Waals surface area (Å²) in [6, 6.07) is 0. The molecule has 65 valence electrons. The van der Waals surface area contributed by atoms with Gasteiger partial charge in [-0.25, -0.2) is 0 Å². The fraction of sp³-hybridized carbons (Fsp3) is 0.778. The maximum atomic E-state index is 10.8. The zero-order valence-electron chi connectivity index (χ0n) is 7.59. The van der Waals surface area contributed by atoms with Crippen LogP contribution < -0.4 is 0 Å². The van der Waals surface area contributed by atoms with Crippen molar-refractivity contribution in [3.63, 3.8) is 0 Å². The van der Waals surface area contributed by atoms with Gasteiger partial charge in [0.15, 0.2) is 0 Å². The molecule has 11 heavy (non-hydrogen) atoms. The molecule has 0 aromatic heterocycles. The minimum absolute atomic E-state index is 0.180. The van der Waals surface area contributed by atoms with Crippen LogP contribution in [0, 0.1) is 12.3 Å². The van der Waals surface area contributed by atoms with Crippen molar-refractivity contribution in [2.45, 2.75) is 33.6 Å². The number of ether oxygens (including phenoxy) is 1. The van der Waals surface area contributed by atoms with Crippen LogP contribution in [0.15, 0.2) is 0 Å². The molecule has 0 atom stereocenters. The highest BCUT2D eigenvalue weighted by Crippen LogP contribution is 1.98. The third-order valence-corrected chi connectivity index (χ3v) is 1.16. The van der Waals surface area contributed by atoms with Crippen LogP contribution in [-0.4, -0.2) is 12.6 Å². The Morgan fingerprint density at radius 1 is 1.55 bits per heavy atom. The molecule has 0 aliphatic carbocycles. The molecule has 0 amide bonds. The van der Waals surface area contributed by atoms with E-state index in [4.69, 9.17) is 4.74 Å². The topological polar surface area (TPSA) is 26.3 Å². The van der Waals surface area contributed by atoms with Gasteiger partial charge in [0.05, 0.1) is 13.0 Å². The zero-order chi connectivity index (χ0) is 8.69. The number of rotatable bonds is 5. The zero-order valence-corrected chi connectivity index (χ0v) is 7.59. The molecule has 0 aromatic carbocycles. The Hall–Kier alpha value is -0.530. The van der Waals surface area contributed by atoms with E-state index in [1.807, 2.05) is 20.8 Å². The van der Waals surface area contributed by atoms with Crippen LogP contribution in [0.4, 0.5) is 0 Å². The monoisotopic (exact) mass is 157 g/mol. The largest absolute Gasteiger partial charge is 0.465 e. The average Bonchev–Trinajstić information content (AvgIpc) is 1.97. The van der Waals surface area contributed by atoms with E-state index in [0.29, 0.717) is 12.5 Å². The Balaban J connectivity index is 3.23. The maximum Gasteiger partial charge on any atom is 0.309 e. The van der Waals surface area contributed by atoms with Crippen molar-refractivity contribution < 1.29 is 9.53 Å². The standard InChI is InChI=1S/C9H17O2/c1-4-5-6-9(10)11-7-8(2)3/h6,8H,4-5,7H2,1-3H3. The molecule has 0 aromatic rings. The van der Waals surface area contributed by atoms with E-state index in [-0.39, 0.29) is 5.97 Å². The van der Waals surface area contributed by atoms with Gasteiger partial charge in [-0.1, -0.05) is 27.2 Å². The molecular formula is C9H17O2. The molecule has 2 nitrogen and oxygen atoms in total. The smallest absolute Gasteiger partial charge is 0.309 e. The van der Waals surface area contributed by atoms with Crippen molar-refractivity contribution in [3.05, 3.63) is 6.42 Å². The molecule has 0 aliphatic rings. The molecule has 0 saturated carbocycles.